The lowest BCUT2D eigenvalue weighted by Gasteiger charge is -2.25. The van der Waals surface area contributed by atoms with E-state index in [4.69, 9.17) is 14.6 Å². The molecule has 1 aromatic carbocycles. The van der Waals surface area contributed by atoms with E-state index in [1.54, 1.807) is 26.0 Å². The van der Waals surface area contributed by atoms with E-state index in [2.05, 4.69) is 0 Å². The van der Waals surface area contributed by atoms with Crippen molar-refractivity contribution in [3.05, 3.63) is 17.7 Å². The number of carbonyl (C=O) groups is 1. The molecule has 0 unspecified atom stereocenters. The van der Waals surface area contributed by atoms with Crippen molar-refractivity contribution in [2.45, 2.75) is 30.6 Å². The molecule has 1 N–H and O–H groups in total. The third-order valence-electron chi connectivity index (χ3n) is 3.04. The fourth-order valence-corrected chi connectivity index (χ4v) is 2.57. The summed E-state index contributed by atoms with van der Waals surface area (Å²) in [5.74, 6) is 0.498. The van der Waals surface area contributed by atoms with Gasteiger partial charge in [-0.05, 0) is 24.0 Å². The molecule has 0 amide bonds. The van der Waals surface area contributed by atoms with Gasteiger partial charge in [0.05, 0.1) is 25.5 Å². The number of benzene rings is 1. The number of aliphatic carboxylic acids is 1. The minimum atomic E-state index is -0.814. The third kappa shape index (κ3) is 3.56. The molecule has 1 aromatic rings. The van der Waals surface area contributed by atoms with Crippen molar-refractivity contribution in [3.8, 4) is 11.5 Å². The minimum Gasteiger partial charge on any atom is -0.493 e. The normalized spacial score (nSPS) is 11.2. The fraction of sp³-hybridized carbons (Fsp3) is 0.500. The highest BCUT2D eigenvalue weighted by Gasteiger charge is 2.26. The topological polar surface area (TPSA) is 55.8 Å². The van der Waals surface area contributed by atoms with Gasteiger partial charge >= 0.3 is 5.97 Å². The summed E-state index contributed by atoms with van der Waals surface area (Å²) in [5, 5.41) is 9.00. The first-order valence-corrected chi connectivity index (χ1v) is 7.10. The zero-order chi connectivity index (χ0) is 14.6. The molecule has 0 aromatic heterocycles. The van der Waals surface area contributed by atoms with Gasteiger partial charge in [-0.15, -0.1) is 11.8 Å². The summed E-state index contributed by atoms with van der Waals surface area (Å²) in [5.41, 5.74) is 0.465. The van der Waals surface area contributed by atoms with Gasteiger partial charge in [-0.3, -0.25) is 4.79 Å². The van der Waals surface area contributed by atoms with Crippen LogP contribution in [0.3, 0.4) is 0 Å². The molecule has 0 aliphatic carbocycles. The second-order valence-corrected chi connectivity index (χ2v) is 5.72. The molecular weight excluding hydrogens is 264 g/mol. The van der Waals surface area contributed by atoms with Crippen LogP contribution in [-0.2, 0) is 10.2 Å². The van der Waals surface area contributed by atoms with E-state index in [1.807, 2.05) is 32.2 Å². The Morgan fingerprint density at radius 2 is 1.95 bits per heavy atom. The van der Waals surface area contributed by atoms with Gasteiger partial charge in [-0.2, -0.15) is 0 Å². The number of hydrogen-bond acceptors (Lipinski definition) is 4. The molecular formula is C14H20O4S. The van der Waals surface area contributed by atoms with Crippen LogP contribution in [0.15, 0.2) is 17.0 Å². The summed E-state index contributed by atoms with van der Waals surface area (Å²) in [7, 11) is 3.18. The molecule has 0 saturated carbocycles. The van der Waals surface area contributed by atoms with Crippen molar-refractivity contribution in [2.75, 3.05) is 20.5 Å². The molecule has 0 saturated heterocycles. The fourth-order valence-electron chi connectivity index (χ4n) is 1.95. The predicted octanol–water partition coefficient (Wildman–Crippen LogP) is 3.18. The largest absolute Gasteiger partial charge is 0.493 e. The van der Waals surface area contributed by atoms with Gasteiger partial charge in [-0.1, -0.05) is 13.8 Å². The van der Waals surface area contributed by atoms with E-state index in [1.165, 1.54) is 0 Å². The molecule has 0 fully saturated rings. The van der Waals surface area contributed by atoms with Gasteiger partial charge < -0.3 is 14.6 Å². The second kappa shape index (κ2) is 6.19. The van der Waals surface area contributed by atoms with E-state index >= 15 is 0 Å². The SMILES string of the molecule is COc1cc(C(C)(C)CC(=O)O)cc(SC)c1OC. The zero-order valence-electron chi connectivity index (χ0n) is 11.9. The Bertz CT molecular complexity index is 444. The number of thioether (sulfide) groups is 1. The van der Waals surface area contributed by atoms with Crippen LogP contribution in [0.25, 0.3) is 0 Å². The van der Waals surface area contributed by atoms with Crippen molar-refractivity contribution in [3.63, 3.8) is 0 Å². The first-order valence-electron chi connectivity index (χ1n) is 5.88. The molecule has 4 nitrogen and oxygen atoms in total. The van der Waals surface area contributed by atoms with Gasteiger partial charge in [0.25, 0.3) is 0 Å². The molecule has 0 radical (unpaired) electrons. The van der Waals surface area contributed by atoms with Crippen molar-refractivity contribution in [2.24, 2.45) is 0 Å². The van der Waals surface area contributed by atoms with Crippen LogP contribution in [0.1, 0.15) is 25.8 Å². The highest BCUT2D eigenvalue weighted by Crippen LogP contribution is 2.41. The number of carboxylic acids is 1. The van der Waals surface area contributed by atoms with Crippen molar-refractivity contribution in [1.82, 2.24) is 0 Å². The first-order chi connectivity index (χ1) is 8.85. The number of rotatable bonds is 6. The summed E-state index contributed by atoms with van der Waals surface area (Å²) in [4.78, 5) is 11.9. The van der Waals surface area contributed by atoms with Crippen LogP contribution >= 0.6 is 11.8 Å². The molecule has 19 heavy (non-hydrogen) atoms. The number of methoxy groups -OCH3 is 2. The smallest absolute Gasteiger partial charge is 0.304 e. The summed E-state index contributed by atoms with van der Waals surface area (Å²) < 4.78 is 10.7. The van der Waals surface area contributed by atoms with Crippen molar-refractivity contribution >= 4 is 17.7 Å². The second-order valence-electron chi connectivity index (χ2n) is 4.87. The van der Waals surface area contributed by atoms with E-state index in [-0.39, 0.29) is 6.42 Å². The van der Waals surface area contributed by atoms with E-state index in [0.717, 1.165) is 10.5 Å². The quantitative estimate of drug-likeness (QED) is 0.813. The van der Waals surface area contributed by atoms with Crippen LogP contribution in [0.2, 0.25) is 0 Å². The molecule has 1 rings (SSSR count). The molecule has 0 aliphatic heterocycles. The molecule has 0 atom stereocenters. The Hall–Kier alpha value is -1.36. The van der Waals surface area contributed by atoms with Gasteiger partial charge in [0.2, 0.25) is 0 Å². The molecule has 0 bridgehead atoms. The highest BCUT2D eigenvalue weighted by molar-refractivity contribution is 7.98. The standard InChI is InChI=1S/C14H20O4S/c1-14(2,8-12(15)16)9-6-10(17-3)13(18-4)11(7-9)19-5/h6-7H,8H2,1-5H3,(H,15,16). The van der Waals surface area contributed by atoms with E-state index < -0.39 is 11.4 Å². The maximum Gasteiger partial charge on any atom is 0.304 e. The molecule has 5 heteroatoms. The lowest BCUT2D eigenvalue weighted by molar-refractivity contribution is -0.138. The van der Waals surface area contributed by atoms with Gasteiger partial charge in [0, 0.05) is 5.41 Å². The summed E-state index contributed by atoms with van der Waals surface area (Å²) in [6.07, 6.45) is 2.02. The third-order valence-corrected chi connectivity index (χ3v) is 3.78. The Morgan fingerprint density at radius 1 is 1.32 bits per heavy atom. The number of ether oxygens (including phenoxy) is 2. The first kappa shape index (κ1) is 15.7. The van der Waals surface area contributed by atoms with Crippen LogP contribution in [0.4, 0.5) is 0 Å². The Labute approximate surface area is 118 Å². The number of hydrogen-bond donors (Lipinski definition) is 1. The lowest BCUT2D eigenvalue weighted by Crippen LogP contribution is -2.21. The minimum absolute atomic E-state index is 0.0658. The van der Waals surface area contributed by atoms with E-state index in [9.17, 15) is 4.79 Å². The Kier molecular flexibility index (Phi) is 5.11. The maximum absolute atomic E-state index is 11.0. The molecule has 0 aliphatic rings. The summed E-state index contributed by atoms with van der Waals surface area (Å²) >= 11 is 1.55. The average molecular weight is 284 g/mol. The van der Waals surface area contributed by atoms with Crippen molar-refractivity contribution in [1.29, 1.82) is 0 Å². The molecule has 0 spiro atoms. The van der Waals surface area contributed by atoms with Gasteiger partial charge in [0.15, 0.2) is 11.5 Å². The lowest BCUT2D eigenvalue weighted by atomic mass is 9.81. The Balaban J connectivity index is 3.33. The van der Waals surface area contributed by atoms with Crippen LogP contribution in [-0.4, -0.2) is 31.6 Å². The predicted molar refractivity (Wildman–Crippen MR) is 76.6 cm³/mol. The van der Waals surface area contributed by atoms with Gasteiger partial charge in [-0.25, -0.2) is 0 Å². The zero-order valence-corrected chi connectivity index (χ0v) is 12.8. The average Bonchev–Trinajstić information content (AvgIpc) is 2.35. The summed E-state index contributed by atoms with van der Waals surface area (Å²) in [6, 6.07) is 3.82. The van der Waals surface area contributed by atoms with E-state index in [0.29, 0.717) is 11.5 Å². The molecule has 0 heterocycles. The van der Waals surface area contributed by atoms with Crippen LogP contribution < -0.4 is 9.47 Å². The Morgan fingerprint density at radius 3 is 2.37 bits per heavy atom. The molecule has 106 valence electrons. The highest BCUT2D eigenvalue weighted by atomic mass is 32.2. The van der Waals surface area contributed by atoms with Crippen molar-refractivity contribution < 1.29 is 19.4 Å². The van der Waals surface area contributed by atoms with Crippen LogP contribution in [0, 0.1) is 0 Å². The van der Waals surface area contributed by atoms with Crippen LogP contribution in [0.5, 0.6) is 11.5 Å². The maximum atomic E-state index is 11.0. The summed E-state index contributed by atoms with van der Waals surface area (Å²) in [6.45, 7) is 3.82. The van der Waals surface area contributed by atoms with Gasteiger partial charge in [0.1, 0.15) is 0 Å². The monoisotopic (exact) mass is 284 g/mol. The number of carboxylic acid groups (broad SMARTS) is 1.